The fraction of sp³-hybridized carbons (Fsp3) is 1.00. The molecule has 0 radical (unpaired) electrons. The zero-order chi connectivity index (χ0) is 6.91. The average Bonchev–Trinajstić information content (AvgIpc) is 2.10. The highest BCUT2D eigenvalue weighted by molar-refractivity contribution is 7.91. The number of hydrogen-bond donors (Lipinski definition) is 1. The highest BCUT2D eigenvalue weighted by Crippen LogP contribution is 2.16. The van der Waals surface area contributed by atoms with E-state index in [4.69, 9.17) is 5.73 Å². The minimum absolute atomic E-state index is 0.231. The van der Waals surface area contributed by atoms with Crippen LogP contribution in [0.2, 0.25) is 0 Å². The number of nitrogens with two attached hydrogens (primary N) is 1. The van der Waals surface area contributed by atoms with Crippen molar-refractivity contribution >= 4 is 9.84 Å². The Bertz CT molecular complexity index is 185. The lowest BCUT2D eigenvalue weighted by molar-refractivity contribution is 0.591. The third kappa shape index (κ3) is 1.66. The molecular formula is C5H11NO2S. The van der Waals surface area contributed by atoms with Crippen molar-refractivity contribution < 1.29 is 8.42 Å². The van der Waals surface area contributed by atoms with Crippen LogP contribution in [0.15, 0.2) is 0 Å². The minimum Gasteiger partial charge on any atom is -0.330 e. The van der Waals surface area contributed by atoms with Gasteiger partial charge in [0.1, 0.15) is 0 Å². The molecule has 0 aromatic carbocycles. The second-order valence-electron chi connectivity index (χ2n) is 2.50. The summed E-state index contributed by atoms with van der Waals surface area (Å²) in [6, 6.07) is 0. The summed E-state index contributed by atoms with van der Waals surface area (Å²) in [6.07, 6.45) is 0.763. The Morgan fingerprint density at radius 2 is 2.22 bits per heavy atom. The van der Waals surface area contributed by atoms with Gasteiger partial charge >= 0.3 is 0 Å². The van der Waals surface area contributed by atoms with Crippen LogP contribution in [0, 0.1) is 5.92 Å². The second-order valence-corrected chi connectivity index (χ2v) is 4.73. The van der Waals surface area contributed by atoms with Crippen molar-refractivity contribution in [3.05, 3.63) is 0 Å². The predicted molar refractivity (Wildman–Crippen MR) is 35.8 cm³/mol. The summed E-state index contributed by atoms with van der Waals surface area (Å²) in [4.78, 5) is 0. The molecule has 3 nitrogen and oxygen atoms in total. The van der Waals surface area contributed by atoms with E-state index in [1.54, 1.807) is 0 Å². The van der Waals surface area contributed by atoms with Crippen LogP contribution in [0.1, 0.15) is 6.42 Å². The van der Waals surface area contributed by atoms with Crippen LogP contribution in [0.4, 0.5) is 0 Å². The molecule has 0 bridgehead atoms. The summed E-state index contributed by atoms with van der Waals surface area (Å²) in [5, 5.41) is 0. The molecule has 1 fully saturated rings. The lowest BCUT2D eigenvalue weighted by Crippen LogP contribution is -2.15. The molecule has 0 spiro atoms. The molecule has 1 unspecified atom stereocenters. The van der Waals surface area contributed by atoms with E-state index in [2.05, 4.69) is 0 Å². The van der Waals surface area contributed by atoms with Crippen LogP contribution < -0.4 is 5.73 Å². The molecule has 9 heavy (non-hydrogen) atoms. The van der Waals surface area contributed by atoms with Gasteiger partial charge in [-0.15, -0.1) is 0 Å². The molecule has 0 amide bonds. The molecule has 0 aromatic heterocycles. The van der Waals surface area contributed by atoms with Gasteiger partial charge < -0.3 is 5.73 Å². The van der Waals surface area contributed by atoms with Crippen LogP contribution in [-0.4, -0.2) is 26.5 Å². The van der Waals surface area contributed by atoms with Gasteiger partial charge in [-0.1, -0.05) is 0 Å². The van der Waals surface area contributed by atoms with Crippen molar-refractivity contribution in [3.8, 4) is 0 Å². The lowest BCUT2D eigenvalue weighted by atomic mass is 10.1. The summed E-state index contributed by atoms with van der Waals surface area (Å²) in [5.41, 5.74) is 5.29. The Labute approximate surface area is 55.2 Å². The third-order valence-corrected chi connectivity index (χ3v) is 3.50. The highest BCUT2D eigenvalue weighted by atomic mass is 32.2. The topological polar surface area (TPSA) is 60.2 Å². The van der Waals surface area contributed by atoms with Crippen LogP contribution in [-0.2, 0) is 9.84 Å². The number of sulfone groups is 1. The van der Waals surface area contributed by atoms with E-state index in [0.29, 0.717) is 18.1 Å². The summed E-state index contributed by atoms with van der Waals surface area (Å²) >= 11 is 0. The zero-order valence-electron chi connectivity index (χ0n) is 5.21. The predicted octanol–water partition coefficient (Wildman–Crippen LogP) is -0.620. The average molecular weight is 149 g/mol. The zero-order valence-corrected chi connectivity index (χ0v) is 6.02. The van der Waals surface area contributed by atoms with Crippen molar-refractivity contribution in [2.75, 3.05) is 18.1 Å². The van der Waals surface area contributed by atoms with E-state index >= 15 is 0 Å². The van der Waals surface area contributed by atoms with E-state index in [0.717, 1.165) is 6.42 Å². The monoisotopic (exact) mass is 149 g/mol. The van der Waals surface area contributed by atoms with E-state index < -0.39 is 9.84 Å². The van der Waals surface area contributed by atoms with Gasteiger partial charge in [0.2, 0.25) is 0 Å². The molecule has 0 aromatic rings. The summed E-state index contributed by atoms with van der Waals surface area (Å²) < 4.78 is 21.5. The molecule has 1 atom stereocenters. The van der Waals surface area contributed by atoms with Crippen LogP contribution in [0.5, 0.6) is 0 Å². The van der Waals surface area contributed by atoms with Gasteiger partial charge in [-0.05, 0) is 18.9 Å². The largest absolute Gasteiger partial charge is 0.330 e. The van der Waals surface area contributed by atoms with Crippen molar-refractivity contribution in [2.24, 2.45) is 11.7 Å². The van der Waals surface area contributed by atoms with Crippen LogP contribution >= 0.6 is 0 Å². The molecule has 0 aliphatic carbocycles. The Morgan fingerprint density at radius 3 is 2.44 bits per heavy atom. The molecule has 0 saturated carbocycles. The van der Waals surface area contributed by atoms with E-state index in [-0.39, 0.29) is 5.92 Å². The molecule has 54 valence electrons. The van der Waals surface area contributed by atoms with Gasteiger partial charge in [0.05, 0.1) is 11.5 Å². The maximum Gasteiger partial charge on any atom is 0.150 e. The van der Waals surface area contributed by atoms with Gasteiger partial charge in [0, 0.05) is 0 Å². The summed E-state index contributed by atoms with van der Waals surface area (Å²) in [6.45, 7) is 0.513. The first-order valence-electron chi connectivity index (χ1n) is 3.04. The molecule has 1 saturated heterocycles. The maximum absolute atomic E-state index is 10.7. The normalized spacial score (nSPS) is 32.8. The molecule has 1 heterocycles. The smallest absolute Gasteiger partial charge is 0.150 e. The fourth-order valence-corrected chi connectivity index (χ4v) is 2.94. The van der Waals surface area contributed by atoms with Gasteiger partial charge in [-0.25, -0.2) is 8.42 Å². The fourth-order valence-electron chi connectivity index (χ4n) is 1.06. The standard InChI is InChI=1S/C5H11NO2S/c6-3-5-1-2-9(7,8)4-5/h5H,1-4,6H2. The van der Waals surface area contributed by atoms with Crippen molar-refractivity contribution in [1.82, 2.24) is 0 Å². The van der Waals surface area contributed by atoms with Crippen molar-refractivity contribution in [1.29, 1.82) is 0 Å². The highest BCUT2D eigenvalue weighted by Gasteiger charge is 2.26. The van der Waals surface area contributed by atoms with Gasteiger partial charge in [0.15, 0.2) is 9.84 Å². The molecule has 1 rings (SSSR count). The Kier molecular flexibility index (Phi) is 1.77. The molecule has 1 aliphatic rings. The summed E-state index contributed by atoms with van der Waals surface area (Å²) in [5.74, 6) is 0.883. The van der Waals surface area contributed by atoms with Crippen LogP contribution in [0.25, 0.3) is 0 Å². The lowest BCUT2D eigenvalue weighted by Gasteiger charge is -1.98. The van der Waals surface area contributed by atoms with Crippen molar-refractivity contribution in [2.45, 2.75) is 6.42 Å². The number of hydrogen-bond acceptors (Lipinski definition) is 3. The van der Waals surface area contributed by atoms with Crippen LogP contribution in [0.3, 0.4) is 0 Å². The van der Waals surface area contributed by atoms with Crippen molar-refractivity contribution in [3.63, 3.8) is 0 Å². The number of rotatable bonds is 1. The SMILES string of the molecule is NCC1CCS(=O)(=O)C1. The van der Waals surface area contributed by atoms with Gasteiger partial charge in [0.25, 0.3) is 0 Å². The molecule has 1 aliphatic heterocycles. The first-order chi connectivity index (χ1) is 4.14. The van der Waals surface area contributed by atoms with Gasteiger partial charge in [-0.3, -0.25) is 0 Å². The summed E-state index contributed by atoms with van der Waals surface area (Å²) in [7, 11) is -2.69. The molecule has 4 heteroatoms. The van der Waals surface area contributed by atoms with Gasteiger partial charge in [-0.2, -0.15) is 0 Å². The Morgan fingerprint density at radius 1 is 1.56 bits per heavy atom. The minimum atomic E-state index is -2.69. The quantitative estimate of drug-likeness (QED) is 0.540. The first kappa shape index (κ1) is 7.02. The molecular weight excluding hydrogens is 138 g/mol. The Balaban J connectivity index is 2.58. The first-order valence-corrected chi connectivity index (χ1v) is 4.87. The Hall–Kier alpha value is -0.0900. The second kappa shape index (κ2) is 2.27. The van der Waals surface area contributed by atoms with E-state index in [1.807, 2.05) is 0 Å². The maximum atomic E-state index is 10.7. The third-order valence-electron chi connectivity index (χ3n) is 1.66. The van der Waals surface area contributed by atoms with E-state index in [1.165, 1.54) is 0 Å². The van der Waals surface area contributed by atoms with E-state index in [9.17, 15) is 8.42 Å². The molecule has 2 N–H and O–H groups in total.